The second-order valence-corrected chi connectivity index (χ2v) is 11.3. The Morgan fingerprint density at radius 1 is 1.15 bits per heavy atom. The number of rotatable bonds is 5. The number of urea groups is 1. The molecule has 10 heteroatoms. The molecule has 3 fully saturated rings. The van der Waals surface area contributed by atoms with Gasteiger partial charge in [-0.05, 0) is 56.2 Å². The Hall–Kier alpha value is -2.46. The Bertz CT molecular complexity index is 1070. The number of carbonyl (C=O) groups is 3. The van der Waals surface area contributed by atoms with Crippen molar-refractivity contribution in [3.05, 3.63) is 23.8 Å². The average molecular weight is 477 g/mol. The predicted molar refractivity (Wildman–Crippen MR) is 123 cm³/mol. The molecule has 1 aromatic carbocycles. The molecule has 1 spiro atoms. The summed E-state index contributed by atoms with van der Waals surface area (Å²) in [7, 11) is -3.66. The zero-order valence-corrected chi connectivity index (χ0v) is 20.0. The highest BCUT2D eigenvalue weighted by atomic mass is 32.2. The number of carbonyl (C=O) groups excluding carboxylic acids is 3. The number of anilines is 1. The molecule has 1 aliphatic carbocycles. The van der Waals surface area contributed by atoms with Gasteiger partial charge in [0.1, 0.15) is 12.1 Å². The number of nitrogens with one attached hydrogen (secondary N) is 2. The van der Waals surface area contributed by atoms with Crippen LogP contribution in [0.15, 0.2) is 23.1 Å². The summed E-state index contributed by atoms with van der Waals surface area (Å²) in [5, 5.41) is 5.49. The number of hydrogen-bond acceptors (Lipinski definition) is 5. The maximum absolute atomic E-state index is 13.1. The number of imide groups is 1. The van der Waals surface area contributed by atoms with E-state index >= 15 is 0 Å². The minimum absolute atomic E-state index is 0.00964. The lowest BCUT2D eigenvalue weighted by molar-refractivity contribution is -0.136. The summed E-state index contributed by atoms with van der Waals surface area (Å²) in [6.45, 7) is 4.24. The number of benzene rings is 1. The van der Waals surface area contributed by atoms with Gasteiger partial charge in [-0.25, -0.2) is 13.2 Å². The minimum Gasteiger partial charge on any atom is -0.324 e. The number of nitrogens with zero attached hydrogens (tertiary/aromatic N) is 2. The van der Waals surface area contributed by atoms with Gasteiger partial charge in [-0.15, -0.1) is 0 Å². The fourth-order valence-electron chi connectivity index (χ4n) is 5.18. The first-order valence-corrected chi connectivity index (χ1v) is 13.1. The number of aryl methyl sites for hydroxylation is 1. The van der Waals surface area contributed by atoms with Crippen LogP contribution in [0, 0.1) is 12.8 Å². The molecule has 0 radical (unpaired) electrons. The van der Waals surface area contributed by atoms with Crippen molar-refractivity contribution in [1.82, 2.24) is 14.5 Å². The van der Waals surface area contributed by atoms with Gasteiger partial charge in [0.25, 0.3) is 5.91 Å². The highest BCUT2D eigenvalue weighted by molar-refractivity contribution is 7.89. The highest BCUT2D eigenvalue weighted by Crippen LogP contribution is 2.38. The molecule has 0 unspecified atom stereocenters. The van der Waals surface area contributed by atoms with Gasteiger partial charge in [0, 0.05) is 18.8 Å². The van der Waals surface area contributed by atoms with Crippen molar-refractivity contribution in [3.63, 3.8) is 0 Å². The number of hydrogen-bond donors (Lipinski definition) is 2. The van der Waals surface area contributed by atoms with Gasteiger partial charge >= 0.3 is 6.03 Å². The zero-order valence-electron chi connectivity index (χ0n) is 19.2. The molecule has 2 N–H and O–H groups in total. The molecular weight excluding hydrogens is 444 g/mol. The summed E-state index contributed by atoms with van der Waals surface area (Å²) in [5.41, 5.74) is -0.00953. The number of sulfonamides is 1. The van der Waals surface area contributed by atoms with Crippen LogP contribution < -0.4 is 10.6 Å². The van der Waals surface area contributed by atoms with Gasteiger partial charge in [0.15, 0.2) is 0 Å². The van der Waals surface area contributed by atoms with Crippen LogP contribution in [0.1, 0.15) is 57.4 Å². The Balaban J connectivity index is 1.47. The molecule has 4 amide bonds. The van der Waals surface area contributed by atoms with E-state index in [2.05, 4.69) is 10.6 Å². The van der Waals surface area contributed by atoms with Crippen molar-refractivity contribution in [2.45, 2.75) is 69.2 Å². The third-order valence-electron chi connectivity index (χ3n) is 7.21. The summed E-state index contributed by atoms with van der Waals surface area (Å²) in [5.74, 6) is -0.897. The molecule has 0 bridgehead atoms. The number of piperidine rings is 1. The highest BCUT2D eigenvalue weighted by Gasteiger charge is 2.55. The van der Waals surface area contributed by atoms with E-state index < -0.39 is 34.0 Å². The van der Waals surface area contributed by atoms with Crippen LogP contribution in [0.25, 0.3) is 0 Å². The van der Waals surface area contributed by atoms with Crippen LogP contribution >= 0.6 is 0 Å². The second-order valence-electron chi connectivity index (χ2n) is 9.43. The fourth-order valence-corrected chi connectivity index (χ4v) is 6.95. The molecule has 2 aliphatic heterocycles. The second kappa shape index (κ2) is 9.06. The van der Waals surface area contributed by atoms with Crippen LogP contribution in [-0.4, -0.2) is 60.6 Å². The lowest BCUT2D eigenvalue weighted by Gasteiger charge is -2.36. The molecule has 2 atom stereocenters. The Morgan fingerprint density at radius 2 is 1.88 bits per heavy atom. The van der Waals surface area contributed by atoms with Crippen LogP contribution in [-0.2, 0) is 19.6 Å². The first-order valence-electron chi connectivity index (χ1n) is 11.7. The molecule has 1 saturated carbocycles. The normalized spacial score (nSPS) is 26.5. The summed E-state index contributed by atoms with van der Waals surface area (Å²) in [6.07, 6.45) is 5.98. The maximum Gasteiger partial charge on any atom is 0.325 e. The van der Waals surface area contributed by atoms with E-state index in [1.807, 2.05) is 6.92 Å². The largest absolute Gasteiger partial charge is 0.325 e. The Morgan fingerprint density at radius 3 is 2.58 bits per heavy atom. The third-order valence-corrected chi connectivity index (χ3v) is 9.25. The molecule has 0 aromatic heterocycles. The predicted octanol–water partition coefficient (Wildman–Crippen LogP) is 2.61. The Labute approximate surface area is 194 Å². The fraction of sp³-hybridized carbons (Fsp3) is 0.609. The van der Waals surface area contributed by atoms with E-state index in [1.165, 1.54) is 10.4 Å². The molecule has 33 heavy (non-hydrogen) atoms. The average Bonchev–Trinajstić information content (AvgIpc) is 3.02. The molecular formula is C23H32N4O5S. The molecule has 3 aliphatic rings. The van der Waals surface area contributed by atoms with E-state index in [4.69, 9.17) is 0 Å². The zero-order chi connectivity index (χ0) is 23.8. The van der Waals surface area contributed by atoms with Crippen molar-refractivity contribution in [2.75, 3.05) is 25.0 Å². The lowest BCUT2D eigenvalue weighted by atomic mass is 9.73. The standard InChI is InChI=1S/C23H32N4O5S/c1-16-9-10-18(14-19(16)33(31,32)26-12-6-3-7-13-26)24-20(28)15-27-21(29)23(25-22(27)30)11-5-4-8-17(23)2/h9-10,14,17H,3-8,11-13,15H2,1-2H3,(H,24,28)(H,25,30)/t17-,23-/m0/s1. The van der Waals surface area contributed by atoms with Gasteiger partial charge < -0.3 is 10.6 Å². The van der Waals surface area contributed by atoms with E-state index in [0.717, 1.165) is 43.4 Å². The smallest absolute Gasteiger partial charge is 0.324 e. The first kappa shape index (κ1) is 23.7. The lowest BCUT2D eigenvalue weighted by Crippen LogP contribution is -2.54. The van der Waals surface area contributed by atoms with Gasteiger partial charge in [0.2, 0.25) is 15.9 Å². The van der Waals surface area contributed by atoms with Crippen LogP contribution in [0.3, 0.4) is 0 Å². The van der Waals surface area contributed by atoms with Crippen LogP contribution in [0.2, 0.25) is 0 Å². The van der Waals surface area contributed by atoms with E-state index in [0.29, 0.717) is 30.8 Å². The molecule has 2 heterocycles. The van der Waals surface area contributed by atoms with Crippen LogP contribution in [0.5, 0.6) is 0 Å². The quantitative estimate of drug-likeness (QED) is 0.634. The summed E-state index contributed by atoms with van der Waals surface area (Å²) < 4.78 is 27.7. The van der Waals surface area contributed by atoms with Gasteiger partial charge in [-0.3, -0.25) is 14.5 Å². The van der Waals surface area contributed by atoms with E-state index in [9.17, 15) is 22.8 Å². The van der Waals surface area contributed by atoms with E-state index in [-0.39, 0.29) is 16.7 Å². The molecule has 180 valence electrons. The van der Waals surface area contributed by atoms with Crippen LogP contribution in [0.4, 0.5) is 10.5 Å². The third kappa shape index (κ3) is 4.38. The van der Waals surface area contributed by atoms with Gasteiger partial charge in [-0.1, -0.05) is 32.3 Å². The summed E-state index contributed by atoms with van der Waals surface area (Å²) in [4.78, 5) is 39.4. The minimum atomic E-state index is -3.66. The summed E-state index contributed by atoms with van der Waals surface area (Å²) >= 11 is 0. The summed E-state index contributed by atoms with van der Waals surface area (Å²) in [6, 6.07) is 4.17. The first-order chi connectivity index (χ1) is 15.6. The molecule has 9 nitrogen and oxygen atoms in total. The van der Waals surface area contributed by atoms with Gasteiger partial charge in [-0.2, -0.15) is 4.31 Å². The van der Waals surface area contributed by atoms with Crippen molar-refractivity contribution in [1.29, 1.82) is 0 Å². The number of amides is 4. The van der Waals surface area contributed by atoms with Crippen molar-refractivity contribution in [3.8, 4) is 0 Å². The Kier molecular flexibility index (Phi) is 6.50. The molecule has 1 aromatic rings. The molecule has 4 rings (SSSR count). The topological polar surface area (TPSA) is 116 Å². The van der Waals surface area contributed by atoms with Gasteiger partial charge in [0.05, 0.1) is 4.90 Å². The molecule has 2 saturated heterocycles. The SMILES string of the molecule is Cc1ccc(NC(=O)CN2C(=O)N[C@]3(CCCC[C@@H]3C)C2=O)cc1S(=O)(=O)N1CCCCC1. The monoisotopic (exact) mass is 476 g/mol. The van der Waals surface area contributed by atoms with Crippen molar-refractivity contribution < 1.29 is 22.8 Å². The van der Waals surface area contributed by atoms with E-state index in [1.54, 1.807) is 19.1 Å². The maximum atomic E-state index is 13.1. The van der Waals surface area contributed by atoms with Crippen molar-refractivity contribution >= 4 is 33.6 Å². The van der Waals surface area contributed by atoms with Crippen molar-refractivity contribution in [2.24, 2.45) is 5.92 Å².